The molecule has 3 rings (SSSR count). The Morgan fingerprint density at radius 3 is 2.58 bits per heavy atom. The van der Waals surface area contributed by atoms with E-state index in [4.69, 9.17) is 4.74 Å². The van der Waals surface area contributed by atoms with Gasteiger partial charge >= 0.3 is 0 Å². The van der Waals surface area contributed by atoms with Gasteiger partial charge in [-0.05, 0) is 62.3 Å². The molecule has 2 N–H and O–H groups in total. The SMILES string of the molecule is O=C(NCC(O)COCC1CC1)c1ccc(N2CCCCC2)cc1. The molecule has 2 aliphatic rings. The van der Waals surface area contributed by atoms with E-state index < -0.39 is 6.10 Å². The summed E-state index contributed by atoms with van der Waals surface area (Å²) in [5, 5.41) is 12.6. The van der Waals surface area contributed by atoms with E-state index in [0.29, 0.717) is 11.5 Å². The van der Waals surface area contributed by atoms with Crippen LogP contribution in [0.1, 0.15) is 42.5 Å². The summed E-state index contributed by atoms with van der Waals surface area (Å²) in [6.07, 6.45) is 5.61. The highest BCUT2D eigenvalue weighted by Gasteiger charge is 2.21. The van der Waals surface area contributed by atoms with Crippen molar-refractivity contribution in [2.75, 3.05) is 37.7 Å². The van der Waals surface area contributed by atoms with Crippen LogP contribution in [0.4, 0.5) is 5.69 Å². The van der Waals surface area contributed by atoms with E-state index in [0.717, 1.165) is 19.7 Å². The van der Waals surface area contributed by atoms with E-state index in [-0.39, 0.29) is 19.1 Å². The number of hydrogen-bond acceptors (Lipinski definition) is 4. The smallest absolute Gasteiger partial charge is 0.251 e. The highest BCUT2D eigenvalue weighted by atomic mass is 16.5. The fourth-order valence-corrected chi connectivity index (χ4v) is 3.00. The van der Waals surface area contributed by atoms with Crippen molar-refractivity contribution in [1.29, 1.82) is 0 Å². The maximum absolute atomic E-state index is 12.2. The summed E-state index contributed by atoms with van der Waals surface area (Å²) < 4.78 is 5.43. The average Bonchev–Trinajstić information content (AvgIpc) is 3.45. The zero-order valence-electron chi connectivity index (χ0n) is 14.2. The average molecular weight is 332 g/mol. The molecule has 2 fully saturated rings. The van der Waals surface area contributed by atoms with Gasteiger partial charge in [0, 0.05) is 37.5 Å². The Morgan fingerprint density at radius 2 is 1.92 bits per heavy atom. The molecule has 0 aromatic heterocycles. The number of benzene rings is 1. The molecule has 1 heterocycles. The van der Waals surface area contributed by atoms with Gasteiger partial charge in [-0.1, -0.05) is 0 Å². The minimum atomic E-state index is -0.652. The molecule has 0 radical (unpaired) electrons. The number of carbonyl (C=O) groups excluding carboxylic acids is 1. The van der Waals surface area contributed by atoms with E-state index >= 15 is 0 Å². The van der Waals surface area contributed by atoms with Crippen LogP contribution in [0.15, 0.2) is 24.3 Å². The van der Waals surface area contributed by atoms with Crippen molar-refractivity contribution >= 4 is 11.6 Å². The van der Waals surface area contributed by atoms with Crippen molar-refractivity contribution in [1.82, 2.24) is 5.32 Å². The zero-order valence-corrected chi connectivity index (χ0v) is 14.2. The standard InChI is InChI=1S/C19H28N2O3/c22-18(14-24-13-15-4-5-15)12-20-19(23)16-6-8-17(9-7-16)21-10-2-1-3-11-21/h6-9,15,18,22H,1-5,10-14H2,(H,20,23). The number of aliphatic hydroxyl groups excluding tert-OH is 1. The van der Waals surface area contributed by atoms with Gasteiger partial charge in [0.2, 0.25) is 0 Å². The Balaban J connectivity index is 1.40. The van der Waals surface area contributed by atoms with Crippen LogP contribution in [0, 0.1) is 5.92 Å². The number of anilines is 1. The first-order valence-electron chi connectivity index (χ1n) is 9.11. The number of nitrogens with one attached hydrogen (secondary N) is 1. The molecule has 0 bridgehead atoms. The molecule has 1 aliphatic heterocycles. The van der Waals surface area contributed by atoms with Gasteiger partial charge in [0.25, 0.3) is 5.91 Å². The molecule has 0 spiro atoms. The zero-order chi connectivity index (χ0) is 16.8. The normalized spacial score (nSPS) is 19.1. The van der Waals surface area contributed by atoms with Gasteiger partial charge in [-0.3, -0.25) is 4.79 Å². The first-order chi connectivity index (χ1) is 11.7. The number of amides is 1. The molecule has 24 heavy (non-hydrogen) atoms. The van der Waals surface area contributed by atoms with Crippen LogP contribution < -0.4 is 10.2 Å². The molecule has 1 amide bonds. The molecule has 1 aromatic rings. The quantitative estimate of drug-likeness (QED) is 0.766. The Labute approximate surface area is 144 Å². The van der Waals surface area contributed by atoms with Crippen LogP contribution in [-0.2, 0) is 4.74 Å². The summed E-state index contributed by atoms with van der Waals surface area (Å²) in [4.78, 5) is 14.5. The lowest BCUT2D eigenvalue weighted by atomic mass is 10.1. The van der Waals surface area contributed by atoms with Crippen molar-refractivity contribution in [3.05, 3.63) is 29.8 Å². The number of ether oxygens (including phenoxy) is 1. The molecule has 1 aliphatic carbocycles. The number of nitrogens with zero attached hydrogens (tertiary/aromatic N) is 1. The Hall–Kier alpha value is -1.59. The van der Waals surface area contributed by atoms with Crippen molar-refractivity contribution in [3.63, 3.8) is 0 Å². The first kappa shape index (κ1) is 17.2. The fourth-order valence-electron chi connectivity index (χ4n) is 3.00. The van der Waals surface area contributed by atoms with Gasteiger partial charge in [-0.15, -0.1) is 0 Å². The van der Waals surface area contributed by atoms with Crippen molar-refractivity contribution in [3.8, 4) is 0 Å². The Morgan fingerprint density at radius 1 is 1.21 bits per heavy atom. The molecule has 1 unspecified atom stereocenters. The summed E-state index contributed by atoms with van der Waals surface area (Å²) >= 11 is 0. The third-order valence-electron chi connectivity index (χ3n) is 4.71. The predicted octanol–water partition coefficient (Wildman–Crippen LogP) is 2.19. The minimum absolute atomic E-state index is 0.151. The summed E-state index contributed by atoms with van der Waals surface area (Å²) in [6, 6.07) is 7.73. The first-order valence-corrected chi connectivity index (χ1v) is 9.11. The van der Waals surface area contributed by atoms with Gasteiger partial charge in [0.05, 0.1) is 12.7 Å². The number of carbonyl (C=O) groups is 1. The molecule has 1 saturated carbocycles. The summed E-state index contributed by atoms with van der Waals surface area (Å²) in [5.41, 5.74) is 1.81. The highest BCUT2D eigenvalue weighted by Crippen LogP contribution is 2.28. The summed E-state index contributed by atoms with van der Waals surface area (Å²) in [5.74, 6) is 0.534. The maximum Gasteiger partial charge on any atom is 0.251 e. The number of piperidine rings is 1. The molecule has 5 nitrogen and oxygen atoms in total. The van der Waals surface area contributed by atoms with Crippen LogP contribution in [0.5, 0.6) is 0 Å². The van der Waals surface area contributed by atoms with Crippen LogP contribution in [0.2, 0.25) is 0 Å². The Kier molecular flexibility index (Phi) is 6.10. The second-order valence-electron chi connectivity index (χ2n) is 6.94. The van der Waals surface area contributed by atoms with Gasteiger partial charge in [0.1, 0.15) is 0 Å². The van der Waals surface area contributed by atoms with Gasteiger partial charge < -0.3 is 20.1 Å². The van der Waals surface area contributed by atoms with Crippen molar-refractivity contribution < 1.29 is 14.6 Å². The topological polar surface area (TPSA) is 61.8 Å². The van der Waals surface area contributed by atoms with E-state index in [9.17, 15) is 9.90 Å². The third-order valence-corrected chi connectivity index (χ3v) is 4.71. The molecular weight excluding hydrogens is 304 g/mol. The fraction of sp³-hybridized carbons (Fsp3) is 0.632. The van der Waals surface area contributed by atoms with Crippen LogP contribution in [0.3, 0.4) is 0 Å². The van der Waals surface area contributed by atoms with Gasteiger partial charge in [-0.25, -0.2) is 0 Å². The lowest BCUT2D eigenvalue weighted by molar-refractivity contribution is 0.0320. The lowest BCUT2D eigenvalue weighted by Gasteiger charge is -2.28. The van der Waals surface area contributed by atoms with Crippen LogP contribution in [0.25, 0.3) is 0 Å². The highest BCUT2D eigenvalue weighted by molar-refractivity contribution is 5.94. The molecule has 132 valence electrons. The maximum atomic E-state index is 12.2. The number of rotatable bonds is 8. The van der Waals surface area contributed by atoms with Crippen molar-refractivity contribution in [2.24, 2.45) is 5.92 Å². The predicted molar refractivity (Wildman–Crippen MR) is 94.4 cm³/mol. The largest absolute Gasteiger partial charge is 0.389 e. The van der Waals surface area contributed by atoms with E-state index in [2.05, 4.69) is 10.2 Å². The second kappa shape index (κ2) is 8.49. The van der Waals surface area contributed by atoms with Crippen molar-refractivity contribution in [2.45, 2.75) is 38.2 Å². The summed E-state index contributed by atoms with van der Waals surface area (Å²) in [7, 11) is 0. The third kappa shape index (κ3) is 5.21. The summed E-state index contributed by atoms with van der Waals surface area (Å²) in [6.45, 7) is 3.42. The number of hydrogen-bond donors (Lipinski definition) is 2. The molecule has 1 aromatic carbocycles. The second-order valence-corrected chi connectivity index (χ2v) is 6.94. The van der Waals surface area contributed by atoms with Crippen LogP contribution >= 0.6 is 0 Å². The van der Waals surface area contributed by atoms with E-state index in [1.165, 1.54) is 37.8 Å². The van der Waals surface area contributed by atoms with Gasteiger partial charge in [0.15, 0.2) is 0 Å². The van der Waals surface area contributed by atoms with E-state index in [1.54, 1.807) is 0 Å². The van der Waals surface area contributed by atoms with Gasteiger partial charge in [-0.2, -0.15) is 0 Å². The van der Waals surface area contributed by atoms with E-state index in [1.807, 2.05) is 24.3 Å². The molecule has 1 saturated heterocycles. The molecule has 1 atom stereocenters. The number of aliphatic hydroxyl groups is 1. The molecular formula is C19H28N2O3. The monoisotopic (exact) mass is 332 g/mol. The molecule has 5 heteroatoms. The lowest BCUT2D eigenvalue weighted by Crippen LogP contribution is -2.34. The Bertz CT molecular complexity index is 522. The minimum Gasteiger partial charge on any atom is -0.389 e. The van der Waals surface area contributed by atoms with Crippen LogP contribution in [-0.4, -0.2) is 50.0 Å².